The monoisotopic (exact) mass is 283 g/mol. The second-order valence-corrected chi connectivity index (χ2v) is 4.74. The molecule has 2 aromatic carbocycles. The molecule has 5 nitrogen and oxygen atoms in total. The number of nitrogens with one attached hydrogen (secondary N) is 2. The zero-order valence-electron chi connectivity index (χ0n) is 11.5. The van der Waals surface area contributed by atoms with Crippen LogP contribution in [0.3, 0.4) is 0 Å². The molecule has 0 fully saturated rings. The van der Waals surface area contributed by atoms with Crippen LogP contribution >= 0.6 is 0 Å². The third-order valence-electron chi connectivity index (χ3n) is 3.26. The van der Waals surface area contributed by atoms with Crippen LogP contribution in [0.2, 0.25) is 0 Å². The number of aryl methyl sites for hydroxylation is 1. The molecule has 0 amide bonds. The summed E-state index contributed by atoms with van der Waals surface area (Å²) in [5, 5.41) is 17.1. The Morgan fingerprint density at radius 1 is 1.19 bits per heavy atom. The molecule has 0 aliphatic rings. The molecule has 3 aromatic rings. The van der Waals surface area contributed by atoms with Crippen LogP contribution in [0.5, 0.6) is 0 Å². The lowest BCUT2D eigenvalue weighted by Crippen LogP contribution is -2.02. The van der Waals surface area contributed by atoms with E-state index in [4.69, 9.17) is 0 Å². The third kappa shape index (κ3) is 3.05. The molecule has 0 unspecified atom stereocenters. The van der Waals surface area contributed by atoms with Gasteiger partial charge in [0.1, 0.15) is 5.82 Å². The van der Waals surface area contributed by atoms with Crippen molar-refractivity contribution in [1.82, 2.24) is 20.6 Å². The molecule has 6 heteroatoms. The number of H-pyrrole nitrogens is 1. The van der Waals surface area contributed by atoms with Gasteiger partial charge in [-0.15, -0.1) is 10.2 Å². The Morgan fingerprint density at radius 3 is 2.90 bits per heavy atom. The lowest BCUT2D eigenvalue weighted by atomic mass is 10.1. The van der Waals surface area contributed by atoms with Crippen molar-refractivity contribution in [3.8, 4) is 11.4 Å². The topological polar surface area (TPSA) is 66.5 Å². The first-order chi connectivity index (χ1) is 10.2. The number of aromatic amines is 1. The van der Waals surface area contributed by atoms with Gasteiger partial charge in [0.15, 0.2) is 0 Å². The van der Waals surface area contributed by atoms with Crippen LogP contribution in [0.1, 0.15) is 11.1 Å². The van der Waals surface area contributed by atoms with Crippen molar-refractivity contribution >= 4 is 5.69 Å². The van der Waals surface area contributed by atoms with Gasteiger partial charge in [0.05, 0.1) is 0 Å². The number of hydrogen-bond acceptors (Lipinski definition) is 4. The summed E-state index contributed by atoms with van der Waals surface area (Å²) in [5.74, 6) is 0.318. The SMILES string of the molecule is Cc1ccc(F)cc1CNc1cccc(-c2nn[nH]n2)c1. The van der Waals surface area contributed by atoms with Crippen LogP contribution in [0, 0.1) is 12.7 Å². The van der Waals surface area contributed by atoms with Gasteiger partial charge in [-0.2, -0.15) is 5.21 Å². The maximum Gasteiger partial charge on any atom is 0.204 e. The summed E-state index contributed by atoms with van der Waals surface area (Å²) in [6.07, 6.45) is 0. The number of halogens is 1. The molecule has 0 aliphatic carbocycles. The fourth-order valence-corrected chi connectivity index (χ4v) is 2.08. The summed E-state index contributed by atoms with van der Waals surface area (Å²) in [5.41, 5.74) is 3.77. The molecule has 106 valence electrons. The van der Waals surface area contributed by atoms with Crippen molar-refractivity contribution in [2.75, 3.05) is 5.32 Å². The van der Waals surface area contributed by atoms with Gasteiger partial charge >= 0.3 is 0 Å². The van der Waals surface area contributed by atoms with E-state index in [1.54, 1.807) is 12.1 Å². The highest BCUT2D eigenvalue weighted by Crippen LogP contribution is 2.19. The minimum Gasteiger partial charge on any atom is -0.381 e. The molecular formula is C15H14FN5. The predicted octanol–water partition coefficient (Wildman–Crippen LogP) is 2.93. The van der Waals surface area contributed by atoms with Crippen molar-refractivity contribution in [2.24, 2.45) is 0 Å². The van der Waals surface area contributed by atoms with Crippen LogP contribution in [0.15, 0.2) is 42.5 Å². The normalized spacial score (nSPS) is 10.6. The molecule has 0 bridgehead atoms. The standard InChI is InChI=1S/C15H14FN5/c1-10-5-6-13(16)7-12(10)9-17-14-4-2-3-11(8-14)15-18-20-21-19-15/h2-8,17H,9H2,1H3,(H,18,19,20,21). The molecule has 0 saturated carbocycles. The van der Waals surface area contributed by atoms with Crippen molar-refractivity contribution in [1.29, 1.82) is 0 Å². The Morgan fingerprint density at radius 2 is 2.10 bits per heavy atom. The summed E-state index contributed by atoms with van der Waals surface area (Å²) < 4.78 is 13.3. The van der Waals surface area contributed by atoms with E-state index in [9.17, 15) is 4.39 Å². The molecule has 0 saturated heterocycles. The lowest BCUT2D eigenvalue weighted by molar-refractivity contribution is 0.625. The molecule has 3 rings (SSSR count). The van der Waals surface area contributed by atoms with Gasteiger partial charge in [0, 0.05) is 17.8 Å². The van der Waals surface area contributed by atoms with Gasteiger partial charge < -0.3 is 5.32 Å². The zero-order chi connectivity index (χ0) is 14.7. The molecule has 0 atom stereocenters. The maximum absolute atomic E-state index is 13.3. The molecule has 0 aliphatic heterocycles. The first-order valence-corrected chi connectivity index (χ1v) is 6.55. The molecule has 0 radical (unpaired) electrons. The number of rotatable bonds is 4. The largest absolute Gasteiger partial charge is 0.381 e. The summed E-state index contributed by atoms with van der Waals surface area (Å²) >= 11 is 0. The highest BCUT2D eigenvalue weighted by atomic mass is 19.1. The average molecular weight is 283 g/mol. The van der Waals surface area contributed by atoms with Crippen molar-refractivity contribution in [3.05, 3.63) is 59.4 Å². The summed E-state index contributed by atoms with van der Waals surface area (Å²) in [6.45, 7) is 2.52. The minimum atomic E-state index is -0.224. The van der Waals surface area contributed by atoms with Gasteiger partial charge in [0.2, 0.25) is 5.82 Å². The van der Waals surface area contributed by atoms with E-state index in [0.29, 0.717) is 12.4 Å². The lowest BCUT2D eigenvalue weighted by Gasteiger charge is -2.10. The van der Waals surface area contributed by atoms with Crippen molar-refractivity contribution in [2.45, 2.75) is 13.5 Å². The first-order valence-electron chi connectivity index (χ1n) is 6.55. The number of hydrogen-bond donors (Lipinski definition) is 2. The molecule has 21 heavy (non-hydrogen) atoms. The highest BCUT2D eigenvalue weighted by Gasteiger charge is 2.04. The van der Waals surface area contributed by atoms with E-state index in [2.05, 4.69) is 25.9 Å². The fourth-order valence-electron chi connectivity index (χ4n) is 2.08. The van der Waals surface area contributed by atoms with E-state index in [-0.39, 0.29) is 5.82 Å². The highest BCUT2D eigenvalue weighted by molar-refractivity contribution is 5.61. The van der Waals surface area contributed by atoms with Gasteiger partial charge in [-0.25, -0.2) is 4.39 Å². The number of benzene rings is 2. The summed E-state index contributed by atoms with van der Waals surface area (Å²) in [6, 6.07) is 12.5. The minimum absolute atomic E-state index is 0.224. The van der Waals surface area contributed by atoms with Crippen LogP contribution < -0.4 is 5.32 Å². The number of nitrogens with zero attached hydrogens (tertiary/aromatic N) is 3. The van der Waals surface area contributed by atoms with Crippen LogP contribution in [0.4, 0.5) is 10.1 Å². The van der Waals surface area contributed by atoms with E-state index in [0.717, 1.165) is 22.4 Å². The number of tetrazole rings is 1. The Bertz CT molecular complexity index is 740. The van der Waals surface area contributed by atoms with Gasteiger partial charge in [-0.05, 0) is 47.5 Å². The van der Waals surface area contributed by atoms with Crippen LogP contribution in [-0.2, 0) is 6.54 Å². The molecule has 0 spiro atoms. The van der Waals surface area contributed by atoms with Crippen LogP contribution in [0.25, 0.3) is 11.4 Å². The van der Waals surface area contributed by atoms with E-state index < -0.39 is 0 Å². The number of aromatic nitrogens is 4. The van der Waals surface area contributed by atoms with Crippen molar-refractivity contribution < 1.29 is 4.39 Å². The van der Waals surface area contributed by atoms with Gasteiger partial charge in [-0.3, -0.25) is 0 Å². The summed E-state index contributed by atoms with van der Waals surface area (Å²) in [4.78, 5) is 0. The van der Waals surface area contributed by atoms with E-state index >= 15 is 0 Å². The average Bonchev–Trinajstić information content (AvgIpc) is 3.03. The fraction of sp³-hybridized carbons (Fsp3) is 0.133. The maximum atomic E-state index is 13.3. The van der Waals surface area contributed by atoms with E-state index in [1.807, 2.05) is 31.2 Å². The Balaban J connectivity index is 1.76. The van der Waals surface area contributed by atoms with Gasteiger partial charge in [-0.1, -0.05) is 18.2 Å². The molecule has 1 heterocycles. The predicted molar refractivity (Wildman–Crippen MR) is 78.1 cm³/mol. The third-order valence-corrected chi connectivity index (χ3v) is 3.26. The van der Waals surface area contributed by atoms with Crippen LogP contribution in [-0.4, -0.2) is 20.6 Å². The van der Waals surface area contributed by atoms with Crippen molar-refractivity contribution in [3.63, 3.8) is 0 Å². The Hall–Kier alpha value is -2.76. The summed E-state index contributed by atoms with van der Waals surface area (Å²) in [7, 11) is 0. The Kier molecular flexibility index (Phi) is 3.59. The second kappa shape index (κ2) is 5.70. The van der Waals surface area contributed by atoms with E-state index in [1.165, 1.54) is 6.07 Å². The second-order valence-electron chi connectivity index (χ2n) is 4.74. The molecular weight excluding hydrogens is 269 g/mol. The molecule has 1 aromatic heterocycles. The zero-order valence-corrected chi connectivity index (χ0v) is 11.5. The van der Waals surface area contributed by atoms with Gasteiger partial charge in [0.25, 0.3) is 0 Å². The smallest absolute Gasteiger partial charge is 0.204 e. The Labute approximate surface area is 121 Å². The first kappa shape index (κ1) is 13.2. The number of anilines is 1. The molecule has 2 N–H and O–H groups in total. The quantitative estimate of drug-likeness (QED) is 0.772.